The van der Waals surface area contributed by atoms with Gasteiger partial charge in [-0.15, -0.1) is 0 Å². The summed E-state index contributed by atoms with van der Waals surface area (Å²) in [5.74, 6) is -0.404. The fourth-order valence-electron chi connectivity index (χ4n) is 14.0. The van der Waals surface area contributed by atoms with Gasteiger partial charge in [-0.25, -0.2) is 4.79 Å². The molecule has 2 aromatic carbocycles. The molecular formula is C46H60N4O8. The number of esters is 3. The van der Waals surface area contributed by atoms with Crippen LogP contribution >= 0.6 is 0 Å². The highest BCUT2D eigenvalue weighted by Crippen LogP contribution is 2.68. The van der Waals surface area contributed by atoms with Gasteiger partial charge in [0.2, 0.25) is 5.60 Å². The van der Waals surface area contributed by atoms with Crippen LogP contribution in [0.5, 0.6) is 5.75 Å². The highest BCUT2D eigenvalue weighted by molar-refractivity contribution is 5.90. The topological polar surface area (TPSA) is 130 Å². The number of carbonyl (C=O) groups excluding carboxylic acids is 3. The standard InChI is InChI=1S/C46H60N4O8/c1-8-28-21-29-24-45(41(52)56-6,37-31(15-19-49(25-28)26-29)30-13-10-11-14-34(30)47-37)33-22-32-35(23-36(33)55-5)48(4)39-44(32)17-20-50-18-12-16-43(9-2,38(44)50)40(58-27(3)51)46(39,54)42(53)57-7/h10-14,16,22-23,28-29,31,37-40,47,54H,8-9,15,17-21,24-26H2,1-7H3. The van der Waals surface area contributed by atoms with E-state index in [1.54, 1.807) is 7.11 Å². The number of piperidine rings is 1. The zero-order valence-corrected chi connectivity index (χ0v) is 35.1. The lowest BCUT2D eigenvalue weighted by atomic mass is 9.47. The first-order chi connectivity index (χ1) is 27.9. The number of benzene rings is 2. The zero-order valence-electron chi connectivity index (χ0n) is 35.1. The van der Waals surface area contributed by atoms with Crippen LogP contribution < -0.4 is 15.0 Å². The number of likely N-dealkylation sites (N-methyl/N-ethyl adjacent to an activating group) is 1. The second kappa shape index (κ2) is 14.0. The van der Waals surface area contributed by atoms with Crippen molar-refractivity contribution in [2.24, 2.45) is 17.3 Å². The lowest BCUT2D eigenvalue weighted by molar-refractivity contribution is -0.228. The van der Waals surface area contributed by atoms with E-state index in [0.717, 1.165) is 61.4 Å². The van der Waals surface area contributed by atoms with Gasteiger partial charge in [0.25, 0.3) is 0 Å². The summed E-state index contributed by atoms with van der Waals surface area (Å²) in [6, 6.07) is 11.2. The van der Waals surface area contributed by atoms with E-state index in [-0.39, 0.29) is 29.9 Å². The number of rotatable bonds is 7. The Kier molecular flexibility index (Phi) is 9.48. The number of nitrogens with zero attached hydrogens (tertiary/aromatic N) is 3. The van der Waals surface area contributed by atoms with Gasteiger partial charge in [-0.1, -0.05) is 50.6 Å². The maximum atomic E-state index is 15.3. The quantitative estimate of drug-likeness (QED) is 0.228. The van der Waals surface area contributed by atoms with Crippen LogP contribution in [0.2, 0.25) is 0 Å². The fourth-order valence-corrected chi connectivity index (χ4v) is 14.0. The Hall–Kier alpha value is -4.13. The van der Waals surface area contributed by atoms with Gasteiger partial charge in [0.05, 0.1) is 33.4 Å². The Morgan fingerprint density at radius 2 is 1.76 bits per heavy atom. The Labute approximate surface area is 342 Å². The number of fused-ring (bicyclic) bond motifs is 6. The van der Waals surface area contributed by atoms with Crippen molar-refractivity contribution < 1.29 is 38.4 Å². The van der Waals surface area contributed by atoms with E-state index < -0.39 is 45.9 Å². The van der Waals surface area contributed by atoms with E-state index in [2.05, 4.69) is 58.5 Å². The first-order valence-corrected chi connectivity index (χ1v) is 21.4. The summed E-state index contributed by atoms with van der Waals surface area (Å²) < 4.78 is 24.1. The lowest BCUT2D eigenvalue weighted by Gasteiger charge is -2.63. The molecule has 12 nitrogen and oxygen atoms in total. The average molecular weight is 797 g/mol. The van der Waals surface area contributed by atoms with E-state index in [1.165, 1.54) is 26.7 Å². The van der Waals surface area contributed by atoms with Crippen molar-refractivity contribution in [2.45, 2.75) is 106 Å². The molecule has 2 bridgehead atoms. The van der Waals surface area contributed by atoms with Crippen molar-refractivity contribution in [1.29, 1.82) is 0 Å². The first kappa shape index (κ1) is 39.3. The molecule has 9 rings (SSSR count). The smallest absolute Gasteiger partial charge is 0.344 e. The molecule has 58 heavy (non-hydrogen) atoms. The third-order valence-corrected chi connectivity index (χ3v) is 16.0. The van der Waals surface area contributed by atoms with Gasteiger partial charge in [0.15, 0.2) is 6.10 Å². The number of carbonyl (C=O) groups is 3. The maximum Gasteiger partial charge on any atom is 0.344 e. The third-order valence-electron chi connectivity index (χ3n) is 16.0. The first-order valence-electron chi connectivity index (χ1n) is 21.4. The largest absolute Gasteiger partial charge is 0.496 e. The number of nitrogens with one attached hydrogen (secondary N) is 1. The summed E-state index contributed by atoms with van der Waals surface area (Å²) in [6.45, 7) is 9.93. The molecule has 7 aliphatic rings. The molecule has 12 unspecified atom stereocenters. The van der Waals surface area contributed by atoms with Gasteiger partial charge >= 0.3 is 17.9 Å². The molecule has 1 aliphatic carbocycles. The number of methoxy groups -OCH3 is 3. The van der Waals surface area contributed by atoms with Crippen molar-refractivity contribution in [2.75, 3.05) is 71.3 Å². The molecule has 6 aliphatic heterocycles. The number of ether oxygens (including phenoxy) is 4. The molecule has 0 radical (unpaired) electrons. The molecule has 1 saturated carbocycles. The Morgan fingerprint density at radius 3 is 2.47 bits per heavy atom. The Balaban J connectivity index is 1.33. The maximum absolute atomic E-state index is 15.3. The molecule has 0 amide bonds. The van der Waals surface area contributed by atoms with Crippen molar-refractivity contribution in [1.82, 2.24) is 9.80 Å². The number of hydrogen-bond acceptors (Lipinski definition) is 12. The van der Waals surface area contributed by atoms with Crippen LogP contribution in [0.3, 0.4) is 0 Å². The molecule has 2 aromatic rings. The lowest BCUT2D eigenvalue weighted by Crippen LogP contribution is -2.81. The minimum absolute atomic E-state index is 0.0167. The SMILES string of the molecule is CCC1CC2CN(CCC3c4ccccc4NC3C(C(=O)OC)(c3cc4c(cc3OC)N(C)C3C(O)(C(=O)OC)C(OC(C)=O)C5(CC)C=CCN6CCC43C65)C2)C1. The molecular weight excluding hydrogens is 737 g/mol. The number of hydrogen-bond donors (Lipinski definition) is 2. The van der Waals surface area contributed by atoms with Crippen LogP contribution in [0.4, 0.5) is 11.4 Å². The van der Waals surface area contributed by atoms with Crippen molar-refractivity contribution >= 4 is 29.3 Å². The van der Waals surface area contributed by atoms with Crippen molar-refractivity contribution in [3.05, 3.63) is 65.2 Å². The van der Waals surface area contributed by atoms with Crippen LogP contribution in [0, 0.1) is 17.3 Å². The van der Waals surface area contributed by atoms with Crippen molar-refractivity contribution in [3.8, 4) is 5.75 Å². The van der Waals surface area contributed by atoms with Gasteiger partial charge in [0.1, 0.15) is 11.2 Å². The summed E-state index contributed by atoms with van der Waals surface area (Å²) in [7, 11) is 6.34. The van der Waals surface area contributed by atoms with E-state index in [9.17, 15) is 14.7 Å². The summed E-state index contributed by atoms with van der Waals surface area (Å²) >= 11 is 0. The second-order valence-electron chi connectivity index (χ2n) is 18.4. The third kappa shape index (κ3) is 5.06. The highest BCUT2D eigenvalue weighted by atomic mass is 16.6. The van der Waals surface area contributed by atoms with Crippen LogP contribution in [0.1, 0.15) is 81.9 Å². The molecule has 0 aromatic heterocycles. The summed E-state index contributed by atoms with van der Waals surface area (Å²) in [5, 5.41) is 17.3. The summed E-state index contributed by atoms with van der Waals surface area (Å²) in [5.41, 5.74) is -0.458. The Morgan fingerprint density at radius 1 is 0.983 bits per heavy atom. The summed E-state index contributed by atoms with van der Waals surface area (Å²) in [4.78, 5) is 49.8. The van der Waals surface area contributed by atoms with Gasteiger partial charge in [0, 0.05) is 79.4 Å². The van der Waals surface area contributed by atoms with Gasteiger partial charge < -0.3 is 39.2 Å². The molecule has 12 heteroatoms. The Bertz CT molecular complexity index is 2040. The molecule has 3 saturated heterocycles. The van der Waals surface area contributed by atoms with Crippen LogP contribution in [-0.2, 0) is 39.4 Å². The van der Waals surface area contributed by atoms with Gasteiger partial charge in [-0.3, -0.25) is 14.5 Å². The number of para-hydroxylation sites is 1. The van der Waals surface area contributed by atoms with Crippen LogP contribution in [0.25, 0.3) is 0 Å². The molecule has 4 fully saturated rings. The van der Waals surface area contributed by atoms with E-state index in [0.29, 0.717) is 44.0 Å². The minimum atomic E-state index is -2.26. The normalized spacial score (nSPS) is 39.3. The number of aliphatic hydroxyl groups is 1. The highest BCUT2D eigenvalue weighted by Gasteiger charge is 2.80. The zero-order chi connectivity index (χ0) is 40.9. The molecule has 6 heterocycles. The minimum Gasteiger partial charge on any atom is -0.496 e. The predicted molar refractivity (Wildman–Crippen MR) is 219 cm³/mol. The van der Waals surface area contributed by atoms with E-state index >= 15 is 4.79 Å². The monoisotopic (exact) mass is 796 g/mol. The molecule has 1 spiro atoms. The van der Waals surface area contributed by atoms with E-state index in [1.807, 2.05) is 31.0 Å². The van der Waals surface area contributed by atoms with Crippen LogP contribution in [0.15, 0.2) is 48.6 Å². The van der Waals surface area contributed by atoms with Gasteiger partial charge in [-0.05, 0) is 80.3 Å². The average Bonchev–Trinajstić information content (AvgIpc) is 3.89. The van der Waals surface area contributed by atoms with Crippen molar-refractivity contribution in [3.63, 3.8) is 0 Å². The molecule has 2 N–H and O–H groups in total. The predicted octanol–water partition coefficient (Wildman–Crippen LogP) is 4.77. The molecule has 312 valence electrons. The summed E-state index contributed by atoms with van der Waals surface area (Å²) in [6.07, 6.45) is 7.59. The molecule has 12 atom stereocenters. The fraction of sp³-hybridized carbons (Fsp3) is 0.630. The van der Waals surface area contributed by atoms with Crippen LogP contribution in [-0.4, -0.2) is 124 Å². The number of anilines is 2. The van der Waals surface area contributed by atoms with Gasteiger partial charge in [-0.2, -0.15) is 0 Å². The second-order valence-corrected chi connectivity index (χ2v) is 18.4. The van der Waals surface area contributed by atoms with E-state index in [4.69, 9.17) is 18.9 Å².